The largest absolute Gasteiger partial charge is 0.296 e. The molecule has 26 heavy (non-hydrogen) atoms. The van der Waals surface area contributed by atoms with Gasteiger partial charge in [-0.25, -0.2) is 9.07 Å². The number of aliphatic imine (C=N–C) groups is 1. The summed E-state index contributed by atoms with van der Waals surface area (Å²) in [4.78, 5) is 15.7. The molecule has 2 heterocycles. The number of hydrogen-bond donors (Lipinski definition) is 0. The Morgan fingerprint density at radius 2 is 2.19 bits per heavy atom. The van der Waals surface area contributed by atoms with Gasteiger partial charge in [-0.15, -0.1) is 0 Å². The minimum Gasteiger partial charge on any atom is -0.296 e. The molecule has 6 heteroatoms. The molecule has 0 unspecified atom stereocenters. The van der Waals surface area contributed by atoms with Crippen molar-refractivity contribution in [2.45, 2.75) is 19.8 Å². The Bertz CT molecular complexity index is 1070. The molecule has 0 atom stereocenters. The minimum absolute atomic E-state index is 0.220. The maximum atomic E-state index is 14.9. The second-order valence-electron chi connectivity index (χ2n) is 6.30. The maximum Gasteiger partial charge on any atom is 0.179 e. The number of halogens is 1. The number of rotatable bonds is 3. The van der Waals surface area contributed by atoms with Crippen LogP contribution in [0.2, 0.25) is 0 Å². The van der Waals surface area contributed by atoms with Gasteiger partial charge in [0.2, 0.25) is 0 Å². The van der Waals surface area contributed by atoms with E-state index in [1.807, 2.05) is 19.1 Å². The van der Waals surface area contributed by atoms with Crippen LogP contribution in [-0.2, 0) is 0 Å². The minimum atomic E-state index is -0.618. The molecule has 0 fully saturated rings. The van der Waals surface area contributed by atoms with E-state index in [0.29, 0.717) is 36.2 Å². The molecular formula is C20H15FN4O. The average Bonchev–Trinajstić information content (AvgIpc) is 3.24. The first-order chi connectivity index (χ1) is 12.6. The van der Waals surface area contributed by atoms with Gasteiger partial charge in [0.1, 0.15) is 5.69 Å². The van der Waals surface area contributed by atoms with Crippen molar-refractivity contribution in [3.05, 3.63) is 64.3 Å². The predicted octanol–water partition coefficient (Wildman–Crippen LogP) is 3.56. The molecule has 0 saturated heterocycles. The zero-order valence-corrected chi connectivity index (χ0v) is 14.2. The zero-order chi connectivity index (χ0) is 18.3. The van der Waals surface area contributed by atoms with E-state index in [0.717, 1.165) is 28.8 Å². The van der Waals surface area contributed by atoms with Gasteiger partial charge >= 0.3 is 0 Å². The Kier molecular flexibility index (Phi) is 3.85. The summed E-state index contributed by atoms with van der Waals surface area (Å²) < 4.78 is 16.4. The molecule has 1 aromatic heterocycles. The lowest BCUT2D eigenvalue weighted by atomic mass is 9.92. The number of carbonyl (C=O) groups excluding carboxylic acids is 1. The molecule has 0 spiro atoms. The van der Waals surface area contributed by atoms with E-state index in [2.05, 4.69) is 16.2 Å². The first-order valence-electron chi connectivity index (χ1n) is 8.32. The van der Waals surface area contributed by atoms with Crippen LogP contribution in [-0.4, -0.2) is 28.3 Å². The number of aryl methyl sites for hydroxylation is 1. The highest BCUT2D eigenvalue weighted by Gasteiger charge is 2.26. The smallest absolute Gasteiger partial charge is 0.179 e. The van der Waals surface area contributed by atoms with Crippen molar-refractivity contribution in [3.63, 3.8) is 0 Å². The third-order valence-electron chi connectivity index (χ3n) is 4.73. The normalized spacial score (nSPS) is 15.7. The van der Waals surface area contributed by atoms with E-state index in [-0.39, 0.29) is 5.69 Å². The molecule has 2 aliphatic rings. The summed E-state index contributed by atoms with van der Waals surface area (Å²) in [6.07, 6.45) is 5.74. The molecule has 0 amide bonds. The van der Waals surface area contributed by atoms with Crippen molar-refractivity contribution in [3.8, 4) is 11.8 Å². The number of hydrogen-bond acceptors (Lipinski definition) is 4. The van der Waals surface area contributed by atoms with Crippen molar-refractivity contribution < 1.29 is 9.18 Å². The summed E-state index contributed by atoms with van der Waals surface area (Å²) >= 11 is 0. The molecule has 128 valence electrons. The molecule has 0 saturated carbocycles. The van der Waals surface area contributed by atoms with Crippen molar-refractivity contribution in [1.82, 2.24) is 9.78 Å². The first-order valence-corrected chi connectivity index (χ1v) is 8.32. The van der Waals surface area contributed by atoms with Gasteiger partial charge < -0.3 is 0 Å². The van der Waals surface area contributed by atoms with Crippen molar-refractivity contribution in [2.75, 3.05) is 6.54 Å². The third kappa shape index (κ3) is 2.49. The Morgan fingerprint density at radius 1 is 1.35 bits per heavy atom. The fourth-order valence-electron chi connectivity index (χ4n) is 3.39. The van der Waals surface area contributed by atoms with Crippen molar-refractivity contribution in [1.29, 1.82) is 5.26 Å². The van der Waals surface area contributed by atoms with E-state index in [9.17, 15) is 9.18 Å². The number of aldehydes is 1. The van der Waals surface area contributed by atoms with Crippen LogP contribution in [0.25, 0.3) is 11.3 Å². The number of nitrogens with zero attached hydrogens (tertiary/aromatic N) is 4. The van der Waals surface area contributed by atoms with Crippen molar-refractivity contribution >= 4 is 17.6 Å². The number of fused-ring (bicyclic) bond motifs is 1. The van der Waals surface area contributed by atoms with E-state index < -0.39 is 5.82 Å². The van der Waals surface area contributed by atoms with Crippen LogP contribution in [0.5, 0.6) is 0 Å². The highest BCUT2D eigenvalue weighted by Crippen LogP contribution is 2.33. The molecule has 4 rings (SSSR count). The third-order valence-corrected chi connectivity index (χ3v) is 4.73. The summed E-state index contributed by atoms with van der Waals surface area (Å²) in [6, 6.07) is 7.27. The van der Waals surface area contributed by atoms with Gasteiger partial charge in [-0.1, -0.05) is 6.08 Å². The summed E-state index contributed by atoms with van der Waals surface area (Å²) in [5.74, 6) is -0.618. The summed E-state index contributed by atoms with van der Waals surface area (Å²) in [5, 5.41) is 13.3. The Morgan fingerprint density at radius 3 is 2.92 bits per heavy atom. The standard InChI is InChI=1S/C20H15FN4O/c1-12-8-16(4-2-15(12)10-22)25-20(19(21)18(11-26)24-25)14-3-5-17-13(9-14)6-7-23-17/h2,4,6,8-9,11H,3,5,7H2,1H3. The molecule has 1 aliphatic heterocycles. The second kappa shape index (κ2) is 6.19. The molecule has 5 nitrogen and oxygen atoms in total. The zero-order valence-electron chi connectivity index (χ0n) is 14.2. The molecule has 1 aliphatic carbocycles. The lowest BCUT2D eigenvalue weighted by molar-refractivity contribution is 0.111. The topological polar surface area (TPSA) is 71.0 Å². The fraction of sp³-hybridized carbons (Fsp3) is 0.200. The van der Waals surface area contributed by atoms with Crippen LogP contribution in [0.15, 0.2) is 40.9 Å². The van der Waals surface area contributed by atoms with Crippen LogP contribution < -0.4 is 0 Å². The van der Waals surface area contributed by atoms with Gasteiger partial charge in [-0.3, -0.25) is 9.79 Å². The molecule has 0 N–H and O–H groups in total. The van der Waals surface area contributed by atoms with Gasteiger partial charge in [0.25, 0.3) is 0 Å². The van der Waals surface area contributed by atoms with E-state index >= 15 is 0 Å². The number of benzene rings is 1. The maximum absolute atomic E-state index is 14.9. The lowest BCUT2D eigenvalue weighted by Gasteiger charge is -2.17. The molecule has 1 aromatic carbocycles. The SMILES string of the molecule is Cc1cc(-n2nc(C=O)c(F)c2C2=CC3=CCN=C3CC2)ccc1C#N. The van der Waals surface area contributed by atoms with Gasteiger partial charge in [-0.05, 0) is 60.8 Å². The first kappa shape index (κ1) is 16.2. The summed E-state index contributed by atoms with van der Waals surface area (Å²) in [6.45, 7) is 2.47. The molecule has 0 radical (unpaired) electrons. The quantitative estimate of drug-likeness (QED) is 0.798. The molecule has 0 bridgehead atoms. The van der Waals surface area contributed by atoms with E-state index in [1.54, 1.807) is 18.2 Å². The van der Waals surface area contributed by atoms with Gasteiger partial charge in [0.05, 0.1) is 23.9 Å². The van der Waals surface area contributed by atoms with Crippen LogP contribution in [0.4, 0.5) is 4.39 Å². The lowest BCUT2D eigenvalue weighted by Crippen LogP contribution is -2.10. The summed E-state index contributed by atoms with van der Waals surface area (Å²) in [7, 11) is 0. The highest BCUT2D eigenvalue weighted by atomic mass is 19.1. The monoisotopic (exact) mass is 346 g/mol. The molecular weight excluding hydrogens is 331 g/mol. The number of carbonyl (C=O) groups is 1. The van der Waals surface area contributed by atoms with E-state index in [1.165, 1.54) is 4.68 Å². The Hall–Kier alpha value is -3.33. The fourth-order valence-corrected chi connectivity index (χ4v) is 3.39. The Balaban J connectivity index is 1.89. The van der Waals surface area contributed by atoms with Crippen molar-refractivity contribution in [2.24, 2.45) is 4.99 Å². The van der Waals surface area contributed by atoms with Gasteiger partial charge in [0.15, 0.2) is 17.8 Å². The Labute approximate surface area is 149 Å². The van der Waals surface area contributed by atoms with Gasteiger partial charge in [-0.2, -0.15) is 10.4 Å². The average molecular weight is 346 g/mol. The summed E-state index contributed by atoms with van der Waals surface area (Å²) in [5.41, 5.74) is 4.86. The predicted molar refractivity (Wildman–Crippen MR) is 96.0 cm³/mol. The van der Waals surface area contributed by atoms with Crippen LogP contribution in [0, 0.1) is 24.1 Å². The number of aromatic nitrogens is 2. The highest BCUT2D eigenvalue weighted by molar-refractivity contribution is 6.08. The number of nitriles is 1. The molecule has 2 aromatic rings. The van der Waals surface area contributed by atoms with Crippen LogP contribution in [0.3, 0.4) is 0 Å². The van der Waals surface area contributed by atoms with Gasteiger partial charge in [0, 0.05) is 5.71 Å². The van der Waals surface area contributed by atoms with Crippen LogP contribution >= 0.6 is 0 Å². The number of allylic oxidation sites excluding steroid dienone is 3. The van der Waals surface area contributed by atoms with E-state index in [4.69, 9.17) is 5.26 Å². The second-order valence-corrected chi connectivity index (χ2v) is 6.30. The van der Waals surface area contributed by atoms with Crippen LogP contribution in [0.1, 0.15) is 40.2 Å².